The summed E-state index contributed by atoms with van der Waals surface area (Å²) in [5.41, 5.74) is 6.26. The number of carboxylic acids is 1. The number of benzene rings is 1. The molecule has 4 nitrogen and oxygen atoms in total. The van der Waals surface area contributed by atoms with Gasteiger partial charge in [-0.05, 0) is 40.0 Å². The molecule has 82 valence electrons. The Hall–Kier alpha value is -1.07. The van der Waals surface area contributed by atoms with E-state index in [9.17, 15) is 4.79 Å². The number of carbonyl (C=O) groups is 1. The molecular weight excluding hydrogens is 262 g/mol. The van der Waals surface area contributed by atoms with Gasteiger partial charge >= 0.3 is 5.97 Å². The lowest BCUT2D eigenvalue weighted by atomic mass is 10.1. The predicted octanol–water partition coefficient (Wildman–Crippen LogP) is 1.41. The van der Waals surface area contributed by atoms with E-state index in [1.165, 1.54) is 0 Å². The SMILES string of the molecule is COc1cc(CC(N)C(=O)O)ccc1Br. The highest BCUT2D eigenvalue weighted by Crippen LogP contribution is 2.25. The van der Waals surface area contributed by atoms with E-state index in [4.69, 9.17) is 15.6 Å². The predicted molar refractivity (Wildman–Crippen MR) is 60.0 cm³/mol. The number of aliphatic carboxylic acids is 1. The summed E-state index contributed by atoms with van der Waals surface area (Å²) in [5, 5.41) is 8.66. The van der Waals surface area contributed by atoms with Crippen molar-refractivity contribution >= 4 is 21.9 Å². The highest BCUT2D eigenvalue weighted by molar-refractivity contribution is 9.10. The number of ether oxygens (including phenoxy) is 1. The van der Waals surface area contributed by atoms with E-state index < -0.39 is 12.0 Å². The maximum atomic E-state index is 10.6. The molecule has 0 saturated carbocycles. The highest BCUT2D eigenvalue weighted by atomic mass is 79.9. The standard InChI is InChI=1S/C10H12BrNO3/c1-15-9-5-6(2-3-7(9)11)4-8(12)10(13)14/h2-3,5,8H,4,12H2,1H3,(H,13,14). The summed E-state index contributed by atoms with van der Waals surface area (Å²) in [5.74, 6) is -0.332. The first-order valence-corrected chi connectivity index (χ1v) is 5.14. The van der Waals surface area contributed by atoms with E-state index >= 15 is 0 Å². The second-order valence-corrected chi connectivity index (χ2v) is 3.97. The van der Waals surface area contributed by atoms with Crippen LogP contribution in [-0.4, -0.2) is 24.2 Å². The van der Waals surface area contributed by atoms with Gasteiger partial charge in [-0.1, -0.05) is 6.07 Å². The summed E-state index contributed by atoms with van der Waals surface area (Å²) < 4.78 is 5.92. The fourth-order valence-electron chi connectivity index (χ4n) is 1.17. The molecule has 3 N–H and O–H groups in total. The van der Waals surface area contributed by atoms with Gasteiger partial charge in [0.05, 0.1) is 11.6 Å². The first kappa shape index (κ1) is 12.0. The van der Waals surface area contributed by atoms with Crippen molar-refractivity contribution in [3.05, 3.63) is 28.2 Å². The van der Waals surface area contributed by atoms with Crippen molar-refractivity contribution in [2.24, 2.45) is 5.73 Å². The average molecular weight is 274 g/mol. The Labute approximate surface area is 96.2 Å². The molecule has 0 aliphatic rings. The quantitative estimate of drug-likeness (QED) is 0.870. The maximum Gasteiger partial charge on any atom is 0.320 e. The Morgan fingerprint density at radius 1 is 1.67 bits per heavy atom. The lowest BCUT2D eigenvalue weighted by molar-refractivity contribution is -0.138. The molecule has 0 spiro atoms. The lowest BCUT2D eigenvalue weighted by Gasteiger charge is -2.09. The van der Waals surface area contributed by atoms with Crippen LogP contribution in [0.25, 0.3) is 0 Å². The molecule has 1 aromatic carbocycles. The van der Waals surface area contributed by atoms with E-state index in [2.05, 4.69) is 15.9 Å². The molecule has 0 amide bonds. The maximum absolute atomic E-state index is 10.6. The molecular formula is C10H12BrNO3. The highest BCUT2D eigenvalue weighted by Gasteiger charge is 2.12. The third-order valence-corrected chi connectivity index (χ3v) is 2.64. The van der Waals surface area contributed by atoms with Gasteiger partial charge in [0.2, 0.25) is 0 Å². The van der Waals surface area contributed by atoms with Crippen LogP contribution in [0.3, 0.4) is 0 Å². The Morgan fingerprint density at radius 3 is 2.87 bits per heavy atom. The number of methoxy groups -OCH3 is 1. The molecule has 0 aliphatic carbocycles. The molecule has 1 rings (SSSR count). The van der Waals surface area contributed by atoms with Crippen molar-refractivity contribution in [3.8, 4) is 5.75 Å². The summed E-state index contributed by atoms with van der Waals surface area (Å²) in [6.45, 7) is 0. The van der Waals surface area contributed by atoms with E-state index in [-0.39, 0.29) is 0 Å². The molecule has 0 heterocycles. The number of hydrogen-bond donors (Lipinski definition) is 2. The average Bonchev–Trinajstić information content (AvgIpc) is 2.20. The van der Waals surface area contributed by atoms with Crippen molar-refractivity contribution in [2.75, 3.05) is 7.11 Å². The minimum absolute atomic E-state index is 0.291. The summed E-state index contributed by atoms with van der Waals surface area (Å²) in [4.78, 5) is 10.6. The van der Waals surface area contributed by atoms with Crippen molar-refractivity contribution < 1.29 is 14.6 Å². The van der Waals surface area contributed by atoms with Crippen LogP contribution in [0.15, 0.2) is 22.7 Å². The minimum atomic E-state index is -1.00. The largest absolute Gasteiger partial charge is 0.496 e. The van der Waals surface area contributed by atoms with Crippen molar-refractivity contribution in [2.45, 2.75) is 12.5 Å². The zero-order valence-corrected chi connectivity index (χ0v) is 9.82. The van der Waals surface area contributed by atoms with Gasteiger partial charge in [0.1, 0.15) is 11.8 Å². The third kappa shape index (κ3) is 3.21. The Balaban J connectivity index is 2.83. The van der Waals surface area contributed by atoms with Gasteiger partial charge in [-0.3, -0.25) is 4.79 Å². The zero-order valence-electron chi connectivity index (χ0n) is 8.24. The number of halogens is 1. The Morgan fingerprint density at radius 2 is 2.33 bits per heavy atom. The zero-order chi connectivity index (χ0) is 11.4. The molecule has 1 unspecified atom stereocenters. The number of hydrogen-bond acceptors (Lipinski definition) is 3. The normalized spacial score (nSPS) is 12.2. The van der Waals surface area contributed by atoms with Crippen LogP contribution in [0.5, 0.6) is 5.75 Å². The second kappa shape index (κ2) is 5.14. The van der Waals surface area contributed by atoms with E-state index in [0.29, 0.717) is 12.2 Å². The number of carboxylic acid groups (broad SMARTS) is 1. The Kier molecular flexibility index (Phi) is 4.11. The molecule has 0 bridgehead atoms. The first-order valence-electron chi connectivity index (χ1n) is 4.35. The summed E-state index contributed by atoms with van der Waals surface area (Å²) in [6, 6.07) is 4.52. The molecule has 0 radical (unpaired) electrons. The van der Waals surface area contributed by atoms with Gasteiger partial charge in [0.15, 0.2) is 0 Å². The van der Waals surface area contributed by atoms with Gasteiger partial charge in [0.25, 0.3) is 0 Å². The third-order valence-electron chi connectivity index (χ3n) is 1.99. The Bertz CT molecular complexity index is 368. The van der Waals surface area contributed by atoms with Gasteiger partial charge in [0, 0.05) is 0 Å². The molecule has 15 heavy (non-hydrogen) atoms. The number of rotatable bonds is 4. The minimum Gasteiger partial charge on any atom is -0.496 e. The van der Waals surface area contributed by atoms with E-state index in [0.717, 1.165) is 10.0 Å². The topological polar surface area (TPSA) is 72.5 Å². The van der Waals surface area contributed by atoms with Crippen molar-refractivity contribution in [3.63, 3.8) is 0 Å². The fraction of sp³-hybridized carbons (Fsp3) is 0.300. The van der Waals surface area contributed by atoms with Crippen molar-refractivity contribution in [1.82, 2.24) is 0 Å². The number of nitrogens with two attached hydrogens (primary N) is 1. The molecule has 0 saturated heterocycles. The van der Waals surface area contributed by atoms with Crippen LogP contribution in [0.1, 0.15) is 5.56 Å². The first-order chi connectivity index (χ1) is 7.04. The molecule has 1 aromatic rings. The molecule has 5 heteroatoms. The molecule has 0 fully saturated rings. The molecule has 0 aliphatic heterocycles. The van der Waals surface area contributed by atoms with E-state index in [1.807, 2.05) is 12.1 Å². The fourth-order valence-corrected chi connectivity index (χ4v) is 1.58. The van der Waals surface area contributed by atoms with Crippen LogP contribution in [0.4, 0.5) is 0 Å². The molecule has 0 aromatic heterocycles. The van der Waals surface area contributed by atoms with Gasteiger partial charge in [-0.25, -0.2) is 0 Å². The summed E-state index contributed by atoms with van der Waals surface area (Å²) >= 11 is 3.31. The lowest BCUT2D eigenvalue weighted by Crippen LogP contribution is -2.32. The summed E-state index contributed by atoms with van der Waals surface area (Å²) in [7, 11) is 1.56. The van der Waals surface area contributed by atoms with Gasteiger partial charge < -0.3 is 15.6 Å². The van der Waals surface area contributed by atoms with E-state index in [1.54, 1.807) is 13.2 Å². The smallest absolute Gasteiger partial charge is 0.320 e. The molecule has 1 atom stereocenters. The van der Waals surface area contributed by atoms with Crippen LogP contribution in [0, 0.1) is 0 Å². The van der Waals surface area contributed by atoms with Crippen LogP contribution in [0.2, 0.25) is 0 Å². The van der Waals surface area contributed by atoms with Crippen LogP contribution in [-0.2, 0) is 11.2 Å². The van der Waals surface area contributed by atoms with Gasteiger partial charge in [-0.2, -0.15) is 0 Å². The van der Waals surface area contributed by atoms with Crippen LogP contribution >= 0.6 is 15.9 Å². The van der Waals surface area contributed by atoms with Crippen LogP contribution < -0.4 is 10.5 Å². The second-order valence-electron chi connectivity index (χ2n) is 3.12. The van der Waals surface area contributed by atoms with Crippen molar-refractivity contribution in [1.29, 1.82) is 0 Å². The van der Waals surface area contributed by atoms with Gasteiger partial charge in [-0.15, -0.1) is 0 Å². The monoisotopic (exact) mass is 273 g/mol. The summed E-state index contributed by atoms with van der Waals surface area (Å²) in [6.07, 6.45) is 0.291.